The summed E-state index contributed by atoms with van der Waals surface area (Å²) in [4.78, 5) is 4.35. The Morgan fingerprint density at radius 1 is 1.37 bits per heavy atom. The molecule has 0 aliphatic rings. The Morgan fingerprint density at radius 2 is 2.21 bits per heavy atom. The highest BCUT2D eigenvalue weighted by molar-refractivity contribution is 9.11. The van der Waals surface area contributed by atoms with Crippen LogP contribution in [-0.4, -0.2) is 28.5 Å². The fourth-order valence-corrected chi connectivity index (χ4v) is 2.65. The van der Waals surface area contributed by atoms with Crippen LogP contribution in [0.25, 0.3) is 0 Å². The molecule has 2 rings (SSSR count). The van der Waals surface area contributed by atoms with E-state index in [4.69, 9.17) is 4.74 Å². The zero-order chi connectivity index (χ0) is 13.7. The fourth-order valence-electron chi connectivity index (χ4n) is 1.52. The van der Waals surface area contributed by atoms with Crippen molar-refractivity contribution in [2.24, 2.45) is 0 Å². The summed E-state index contributed by atoms with van der Waals surface area (Å²) in [5, 5.41) is 7.52. The molecule has 1 N–H and O–H groups in total. The third-order valence-electron chi connectivity index (χ3n) is 2.50. The lowest BCUT2D eigenvalue weighted by molar-refractivity contribution is 0.183. The number of hydrogen-bond donors (Lipinski definition) is 1. The average Bonchev–Trinajstić information content (AvgIpc) is 2.83. The minimum atomic E-state index is 0.643. The van der Waals surface area contributed by atoms with Crippen LogP contribution in [0.3, 0.4) is 0 Å². The maximum atomic E-state index is 5.01. The van der Waals surface area contributed by atoms with Crippen molar-refractivity contribution in [3.8, 4) is 0 Å². The molecule has 2 aromatic rings. The van der Waals surface area contributed by atoms with E-state index < -0.39 is 0 Å². The number of pyridine rings is 1. The second kappa shape index (κ2) is 7.02. The van der Waals surface area contributed by atoms with Crippen LogP contribution >= 0.6 is 31.9 Å². The number of aromatic nitrogens is 3. The van der Waals surface area contributed by atoms with Crippen molar-refractivity contribution in [2.45, 2.75) is 13.1 Å². The number of rotatable bonds is 6. The first-order valence-corrected chi connectivity index (χ1v) is 7.33. The van der Waals surface area contributed by atoms with Gasteiger partial charge < -0.3 is 10.1 Å². The molecule has 0 aromatic carbocycles. The molecule has 0 atom stereocenters. The molecule has 0 amide bonds. The molecule has 0 aliphatic heterocycles. The largest absolute Gasteiger partial charge is 0.383 e. The number of halogens is 2. The SMILES string of the molecule is COCCn1cc(NCc2ncc(Br)cc2Br)cn1. The van der Waals surface area contributed by atoms with Gasteiger partial charge in [-0.1, -0.05) is 0 Å². The van der Waals surface area contributed by atoms with Crippen LogP contribution in [0, 0.1) is 0 Å². The van der Waals surface area contributed by atoms with Crippen LogP contribution in [0.5, 0.6) is 0 Å². The van der Waals surface area contributed by atoms with Gasteiger partial charge in [-0.2, -0.15) is 5.10 Å². The summed E-state index contributed by atoms with van der Waals surface area (Å²) in [6.07, 6.45) is 5.53. The Morgan fingerprint density at radius 3 is 2.95 bits per heavy atom. The summed E-state index contributed by atoms with van der Waals surface area (Å²) in [6, 6.07) is 1.98. The number of ether oxygens (including phenoxy) is 1. The maximum Gasteiger partial charge on any atom is 0.0737 e. The highest BCUT2D eigenvalue weighted by Gasteiger charge is 2.03. The number of hydrogen-bond acceptors (Lipinski definition) is 4. The van der Waals surface area contributed by atoms with Crippen molar-refractivity contribution in [2.75, 3.05) is 19.0 Å². The van der Waals surface area contributed by atoms with E-state index in [2.05, 4.69) is 47.3 Å². The second-order valence-corrected chi connectivity index (χ2v) is 5.69. The fraction of sp³-hybridized carbons (Fsp3) is 0.333. The molecule has 19 heavy (non-hydrogen) atoms. The third-order valence-corrected chi connectivity index (χ3v) is 3.62. The van der Waals surface area contributed by atoms with E-state index in [1.165, 1.54) is 0 Å². The van der Waals surface area contributed by atoms with Crippen molar-refractivity contribution in [3.63, 3.8) is 0 Å². The van der Waals surface area contributed by atoms with Gasteiger partial charge in [-0.3, -0.25) is 9.67 Å². The molecule has 0 unspecified atom stereocenters. The first kappa shape index (κ1) is 14.5. The highest BCUT2D eigenvalue weighted by atomic mass is 79.9. The van der Waals surface area contributed by atoms with Crippen molar-refractivity contribution >= 4 is 37.5 Å². The molecule has 0 saturated heterocycles. The van der Waals surface area contributed by atoms with E-state index in [-0.39, 0.29) is 0 Å². The molecular weight excluding hydrogens is 376 g/mol. The Hall–Kier alpha value is -0.920. The third kappa shape index (κ3) is 4.29. The summed E-state index contributed by atoms with van der Waals surface area (Å²) in [6.45, 7) is 2.04. The van der Waals surface area contributed by atoms with Gasteiger partial charge in [0.1, 0.15) is 0 Å². The first-order chi connectivity index (χ1) is 9.19. The van der Waals surface area contributed by atoms with Gasteiger partial charge in [0, 0.05) is 28.4 Å². The number of anilines is 1. The summed E-state index contributed by atoms with van der Waals surface area (Å²) >= 11 is 6.87. The average molecular weight is 390 g/mol. The summed E-state index contributed by atoms with van der Waals surface area (Å²) in [5.41, 5.74) is 1.92. The van der Waals surface area contributed by atoms with E-state index in [1.807, 2.05) is 16.9 Å². The van der Waals surface area contributed by atoms with E-state index >= 15 is 0 Å². The molecule has 0 spiro atoms. The van der Waals surface area contributed by atoms with Crippen LogP contribution in [0.2, 0.25) is 0 Å². The standard InChI is InChI=1S/C12H14Br2N4O/c1-19-3-2-18-8-10(6-17-18)15-7-12-11(14)4-9(13)5-16-12/h4-6,8,15H,2-3,7H2,1H3. The lowest BCUT2D eigenvalue weighted by Gasteiger charge is -2.05. The minimum Gasteiger partial charge on any atom is -0.383 e. The van der Waals surface area contributed by atoms with Crippen molar-refractivity contribution in [1.82, 2.24) is 14.8 Å². The number of nitrogens with zero attached hydrogens (tertiary/aromatic N) is 3. The summed E-state index contributed by atoms with van der Waals surface area (Å²) in [5.74, 6) is 0. The van der Waals surface area contributed by atoms with E-state index in [9.17, 15) is 0 Å². The molecule has 0 bridgehead atoms. The van der Waals surface area contributed by atoms with Crippen LogP contribution < -0.4 is 5.32 Å². The van der Waals surface area contributed by atoms with E-state index in [0.29, 0.717) is 13.2 Å². The maximum absolute atomic E-state index is 5.01. The molecule has 2 heterocycles. The van der Waals surface area contributed by atoms with Gasteiger partial charge in [-0.25, -0.2) is 0 Å². The molecule has 2 aromatic heterocycles. The van der Waals surface area contributed by atoms with Crippen LogP contribution in [0.4, 0.5) is 5.69 Å². The molecule has 102 valence electrons. The molecule has 5 nitrogen and oxygen atoms in total. The first-order valence-electron chi connectivity index (χ1n) is 5.74. The normalized spacial score (nSPS) is 10.7. The quantitative estimate of drug-likeness (QED) is 0.824. The smallest absolute Gasteiger partial charge is 0.0737 e. The topological polar surface area (TPSA) is 52.0 Å². The molecule has 0 saturated carbocycles. The summed E-state index contributed by atoms with van der Waals surface area (Å²) < 4.78 is 8.78. The van der Waals surface area contributed by atoms with E-state index in [0.717, 1.165) is 26.9 Å². The second-order valence-electron chi connectivity index (χ2n) is 3.92. The molecule has 0 aliphatic carbocycles. The zero-order valence-corrected chi connectivity index (χ0v) is 13.6. The van der Waals surface area contributed by atoms with Gasteiger partial charge >= 0.3 is 0 Å². The van der Waals surface area contributed by atoms with Gasteiger partial charge in [0.2, 0.25) is 0 Å². The Kier molecular flexibility index (Phi) is 5.35. The van der Waals surface area contributed by atoms with Gasteiger partial charge in [0.05, 0.1) is 37.3 Å². The molecular formula is C12H14Br2N4O. The zero-order valence-electron chi connectivity index (χ0n) is 10.4. The molecule has 0 fully saturated rings. The van der Waals surface area contributed by atoms with Gasteiger partial charge in [0.25, 0.3) is 0 Å². The van der Waals surface area contributed by atoms with Crippen molar-refractivity contribution in [3.05, 3.63) is 39.3 Å². The summed E-state index contributed by atoms with van der Waals surface area (Å²) in [7, 11) is 1.68. The Labute approximate surface area is 128 Å². The van der Waals surface area contributed by atoms with Gasteiger partial charge in [-0.15, -0.1) is 0 Å². The van der Waals surface area contributed by atoms with Crippen LogP contribution in [0.1, 0.15) is 5.69 Å². The highest BCUT2D eigenvalue weighted by Crippen LogP contribution is 2.20. The number of methoxy groups -OCH3 is 1. The van der Waals surface area contributed by atoms with E-state index in [1.54, 1.807) is 19.5 Å². The lowest BCUT2D eigenvalue weighted by atomic mass is 10.3. The lowest BCUT2D eigenvalue weighted by Crippen LogP contribution is -2.04. The van der Waals surface area contributed by atoms with Gasteiger partial charge in [0.15, 0.2) is 0 Å². The number of nitrogens with one attached hydrogen (secondary N) is 1. The Balaban J connectivity index is 1.92. The predicted molar refractivity (Wildman–Crippen MR) is 81.1 cm³/mol. The Bertz CT molecular complexity index is 544. The van der Waals surface area contributed by atoms with Crippen molar-refractivity contribution < 1.29 is 4.74 Å². The predicted octanol–water partition coefficient (Wildman–Crippen LogP) is 3.06. The molecule has 0 radical (unpaired) electrons. The monoisotopic (exact) mass is 388 g/mol. The van der Waals surface area contributed by atoms with Crippen molar-refractivity contribution in [1.29, 1.82) is 0 Å². The molecule has 7 heteroatoms. The minimum absolute atomic E-state index is 0.643. The van der Waals surface area contributed by atoms with Crippen LogP contribution in [-0.2, 0) is 17.8 Å². The van der Waals surface area contributed by atoms with Gasteiger partial charge in [-0.05, 0) is 37.9 Å². The van der Waals surface area contributed by atoms with Crippen LogP contribution in [0.15, 0.2) is 33.6 Å².